The van der Waals surface area contributed by atoms with Gasteiger partial charge >= 0.3 is 0 Å². The number of carbonyl (C=O) groups is 1. The molecule has 0 aliphatic heterocycles. The van der Waals surface area contributed by atoms with Gasteiger partial charge in [0.2, 0.25) is 0 Å². The van der Waals surface area contributed by atoms with Crippen LogP contribution in [0.1, 0.15) is 35.7 Å². The Morgan fingerprint density at radius 3 is 2.69 bits per heavy atom. The van der Waals surface area contributed by atoms with Crippen LogP contribution in [0.2, 0.25) is 0 Å². The number of hydrogen-bond donors (Lipinski definition) is 2. The predicted molar refractivity (Wildman–Crippen MR) is 98.3 cm³/mol. The molecule has 3 rings (SSSR count). The van der Waals surface area contributed by atoms with E-state index in [1.54, 1.807) is 6.07 Å². The zero-order valence-electron chi connectivity index (χ0n) is 14.9. The summed E-state index contributed by atoms with van der Waals surface area (Å²) in [5.41, 5.74) is 4.95. The van der Waals surface area contributed by atoms with Crippen LogP contribution in [-0.4, -0.2) is 28.4 Å². The van der Waals surface area contributed by atoms with E-state index >= 15 is 0 Å². The molecule has 0 aliphatic carbocycles. The Kier molecular flexibility index (Phi) is 5.17. The van der Waals surface area contributed by atoms with E-state index in [0.717, 1.165) is 17.1 Å². The third-order valence-corrected chi connectivity index (χ3v) is 3.72. The van der Waals surface area contributed by atoms with Gasteiger partial charge in [0.05, 0.1) is 12.3 Å². The maximum atomic E-state index is 12.2. The van der Waals surface area contributed by atoms with Gasteiger partial charge < -0.3 is 9.15 Å². The second-order valence-electron chi connectivity index (χ2n) is 5.67. The molecule has 0 aliphatic rings. The molecule has 7 nitrogen and oxygen atoms in total. The zero-order valence-corrected chi connectivity index (χ0v) is 14.9. The van der Waals surface area contributed by atoms with Gasteiger partial charge in [0.1, 0.15) is 17.2 Å². The maximum absolute atomic E-state index is 12.2. The molecule has 134 valence electrons. The predicted octanol–water partition coefficient (Wildman–Crippen LogP) is 3.53. The first-order valence-corrected chi connectivity index (χ1v) is 8.27. The lowest BCUT2D eigenvalue weighted by Gasteiger charge is -2.05. The number of aromatic amines is 1. The molecular weight excluding hydrogens is 332 g/mol. The summed E-state index contributed by atoms with van der Waals surface area (Å²) in [7, 11) is 0. The molecule has 1 aromatic carbocycles. The van der Waals surface area contributed by atoms with Crippen molar-refractivity contribution in [3.05, 3.63) is 59.5 Å². The van der Waals surface area contributed by atoms with Crippen molar-refractivity contribution in [2.45, 2.75) is 20.8 Å². The van der Waals surface area contributed by atoms with E-state index in [1.807, 2.05) is 57.2 Å². The van der Waals surface area contributed by atoms with Gasteiger partial charge in [0.25, 0.3) is 5.91 Å². The number of carbonyl (C=O) groups excluding carboxylic acids is 1. The molecule has 0 radical (unpaired) electrons. The summed E-state index contributed by atoms with van der Waals surface area (Å²) < 4.78 is 10.9. The summed E-state index contributed by atoms with van der Waals surface area (Å²) in [6.45, 7) is 6.22. The van der Waals surface area contributed by atoms with Gasteiger partial charge in [-0.1, -0.05) is 0 Å². The highest BCUT2D eigenvalue weighted by Crippen LogP contribution is 2.20. The van der Waals surface area contributed by atoms with E-state index in [0.29, 0.717) is 23.8 Å². The van der Waals surface area contributed by atoms with Crippen molar-refractivity contribution in [2.24, 2.45) is 5.10 Å². The largest absolute Gasteiger partial charge is 0.494 e. The molecule has 0 bridgehead atoms. The molecule has 0 saturated carbocycles. The quantitative estimate of drug-likeness (QED) is 0.524. The minimum Gasteiger partial charge on any atom is -0.494 e. The Morgan fingerprint density at radius 2 is 2.04 bits per heavy atom. The van der Waals surface area contributed by atoms with E-state index in [9.17, 15) is 4.79 Å². The van der Waals surface area contributed by atoms with E-state index in [-0.39, 0.29) is 5.69 Å². The number of amides is 1. The van der Waals surface area contributed by atoms with Crippen LogP contribution in [0, 0.1) is 6.92 Å². The van der Waals surface area contributed by atoms with E-state index in [2.05, 4.69) is 20.7 Å². The fourth-order valence-electron chi connectivity index (χ4n) is 2.36. The Hall–Kier alpha value is -3.35. The Balaban J connectivity index is 1.66. The van der Waals surface area contributed by atoms with Crippen molar-refractivity contribution < 1.29 is 13.9 Å². The number of H-pyrrole nitrogens is 1. The average Bonchev–Trinajstić information content (AvgIpc) is 3.29. The molecule has 0 atom stereocenters. The number of aryl methyl sites for hydroxylation is 1. The van der Waals surface area contributed by atoms with E-state index in [1.165, 1.54) is 0 Å². The first-order valence-electron chi connectivity index (χ1n) is 8.27. The highest BCUT2D eigenvalue weighted by Gasteiger charge is 2.13. The van der Waals surface area contributed by atoms with Gasteiger partial charge in [-0.25, -0.2) is 5.43 Å². The number of hydrazone groups is 1. The monoisotopic (exact) mass is 352 g/mol. The van der Waals surface area contributed by atoms with Gasteiger partial charge in [-0.3, -0.25) is 9.89 Å². The van der Waals surface area contributed by atoms with Crippen LogP contribution in [-0.2, 0) is 0 Å². The third-order valence-electron chi connectivity index (χ3n) is 3.72. The summed E-state index contributed by atoms with van der Waals surface area (Å²) in [6, 6.07) is 12.8. The van der Waals surface area contributed by atoms with Crippen molar-refractivity contribution in [1.82, 2.24) is 15.6 Å². The molecule has 0 fully saturated rings. The molecule has 26 heavy (non-hydrogen) atoms. The number of furan rings is 1. The van der Waals surface area contributed by atoms with Crippen LogP contribution in [0.15, 0.2) is 52.0 Å². The molecule has 2 aromatic heterocycles. The van der Waals surface area contributed by atoms with Crippen molar-refractivity contribution in [3.8, 4) is 17.2 Å². The average molecular weight is 352 g/mol. The topological polar surface area (TPSA) is 92.5 Å². The lowest BCUT2D eigenvalue weighted by Crippen LogP contribution is -2.19. The van der Waals surface area contributed by atoms with Gasteiger partial charge in [0, 0.05) is 6.07 Å². The van der Waals surface area contributed by atoms with Gasteiger partial charge in [-0.2, -0.15) is 10.2 Å². The molecule has 3 aromatic rings. The van der Waals surface area contributed by atoms with Crippen LogP contribution in [0.25, 0.3) is 11.5 Å². The Bertz CT molecular complexity index is 922. The van der Waals surface area contributed by atoms with Gasteiger partial charge in [-0.05, 0) is 62.7 Å². The summed E-state index contributed by atoms with van der Waals surface area (Å²) in [5, 5.41) is 10.9. The molecule has 0 saturated heterocycles. The number of aromatic nitrogens is 2. The first-order chi connectivity index (χ1) is 12.6. The Labute approximate surface area is 151 Å². The molecule has 2 N–H and O–H groups in total. The van der Waals surface area contributed by atoms with E-state index in [4.69, 9.17) is 9.15 Å². The number of benzene rings is 1. The lowest BCUT2D eigenvalue weighted by atomic mass is 10.1. The zero-order chi connectivity index (χ0) is 18.5. The summed E-state index contributed by atoms with van der Waals surface area (Å²) in [6.07, 6.45) is 0. The highest BCUT2D eigenvalue weighted by atomic mass is 16.5. The van der Waals surface area contributed by atoms with Crippen LogP contribution < -0.4 is 10.2 Å². The minimum atomic E-state index is -0.402. The summed E-state index contributed by atoms with van der Waals surface area (Å²) in [4.78, 5) is 12.2. The molecule has 7 heteroatoms. The van der Waals surface area contributed by atoms with Crippen molar-refractivity contribution >= 4 is 11.6 Å². The van der Waals surface area contributed by atoms with Crippen molar-refractivity contribution in [2.75, 3.05) is 6.61 Å². The molecule has 0 spiro atoms. The number of hydrogen-bond acceptors (Lipinski definition) is 5. The molecular formula is C19H20N4O3. The van der Waals surface area contributed by atoms with Crippen molar-refractivity contribution in [3.63, 3.8) is 0 Å². The third kappa shape index (κ3) is 4.00. The van der Waals surface area contributed by atoms with E-state index < -0.39 is 5.91 Å². The minimum absolute atomic E-state index is 0.234. The molecule has 1 amide bonds. The summed E-state index contributed by atoms with van der Waals surface area (Å²) in [5.74, 6) is 1.81. The SMILES string of the molecule is CCOc1ccc(C(C)=NNC(=O)c2cc(-c3ccc(C)o3)[nH]n2)cc1. The van der Waals surface area contributed by atoms with Crippen LogP contribution >= 0.6 is 0 Å². The Morgan fingerprint density at radius 1 is 1.27 bits per heavy atom. The molecule has 0 unspecified atom stereocenters. The number of rotatable bonds is 6. The number of ether oxygens (including phenoxy) is 1. The van der Waals surface area contributed by atoms with Crippen molar-refractivity contribution in [1.29, 1.82) is 0 Å². The fourth-order valence-corrected chi connectivity index (χ4v) is 2.36. The first kappa shape index (κ1) is 17.5. The fraction of sp³-hybridized carbons (Fsp3) is 0.211. The second kappa shape index (κ2) is 7.69. The molecule has 2 heterocycles. The van der Waals surface area contributed by atoms with Crippen LogP contribution in [0.3, 0.4) is 0 Å². The summed E-state index contributed by atoms with van der Waals surface area (Å²) >= 11 is 0. The standard InChI is InChI=1S/C19H20N4O3/c1-4-25-15-8-6-14(7-9-15)13(3)20-23-19(24)17-11-16(21-22-17)18-10-5-12(2)26-18/h5-11H,4H2,1-3H3,(H,21,22)(H,23,24). The van der Waals surface area contributed by atoms with Crippen LogP contribution in [0.5, 0.6) is 5.75 Å². The normalized spacial score (nSPS) is 11.4. The lowest BCUT2D eigenvalue weighted by molar-refractivity contribution is 0.0950. The maximum Gasteiger partial charge on any atom is 0.291 e. The number of nitrogens with one attached hydrogen (secondary N) is 2. The smallest absolute Gasteiger partial charge is 0.291 e. The van der Waals surface area contributed by atoms with Gasteiger partial charge in [0.15, 0.2) is 11.5 Å². The second-order valence-corrected chi connectivity index (χ2v) is 5.67. The van der Waals surface area contributed by atoms with Crippen LogP contribution in [0.4, 0.5) is 0 Å². The highest BCUT2D eigenvalue weighted by molar-refractivity contribution is 6.00. The number of nitrogens with zero attached hydrogens (tertiary/aromatic N) is 2. The van der Waals surface area contributed by atoms with Gasteiger partial charge in [-0.15, -0.1) is 0 Å².